The van der Waals surface area contributed by atoms with E-state index in [4.69, 9.17) is 0 Å². The quantitative estimate of drug-likeness (QED) is 0.338. The molecule has 0 saturated heterocycles. The maximum absolute atomic E-state index is 13.7. The van der Waals surface area contributed by atoms with Crippen LogP contribution in [0.5, 0.6) is 0 Å². The number of para-hydroxylation sites is 1. The van der Waals surface area contributed by atoms with Gasteiger partial charge in [0.25, 0.3) is 0 Å². The van der Waals surface area contributed by atoms with Crippen molar-refractivity contribution in [2.75, 3.05) is 0 Å². The summed E-state index contributed by atoms with van der Waals surface area (Å²) in [6.45, 7) is 0.702. The number of hydrogen-bond donors (Lipinski definition) is 0. The van der Waals surface area contributed by atoms with E-state index in [-0.39, 0.29) is 5.43 Å². The van der Waals surface area contributed by atoms with Gasteiger partial charge >= 0.3 is 0 Å². The Morgan fingerprint density at radius 2 is 1.13 bits per heavy atom. The molecular weight excluding hydrogens is 378 g/mol. The Kier molecular flexibility index (Phi) is 5.20. The van der Waals surface area contributed by atoms with Crippen molar-refractivity contribution in [2.45, 2.75) is 13.0 Å². The highest BCUT2D eigenvalue weighted by atomic mass is 16.1. The summed E-state index contributed by atoms with van der Waals surface area (Å²) in [4.78, 5) is 13.7. The molecule has 0 amide bonds. The summed E-state index contributed by atoms with van der Waals surface area (Å²) in [7, 11) is 0. The lowest BCUT2D eigenvalue weighted by Crippen LogP contribution is -2.19. The van der Waals surface area contributed by atoms with Crippen LogP contribution in [0.4, 0.5) is 0 Å². The molecule has 150 valence electrons. The van der Waals surface area contributed by atoms with Gasteiger partial charge in [-0.25, -0.2) is 0 Å². The number of rotatable bonds is 5. The minimum absolute atomic E-state index is 0.114. The highest BCUT2D eigenvalue weighted by Gasteiger charge is 2.18. The number of nitrogens with zero attached hydrogens (tertiary/aromatic N) is 1. The number of pyridine rings is 1. The summed E-state index contributed by atoms with van der Waals surface area (Å²) < 4.78 is 2.31. The van der Waals surface area contributed by atoms with Crippen LogP contribution in [0.25, 0.3) is 22.2 Å². The van der Waals surface area contributed by atoms with Crippen LogP contribution in [0.3, 0.4) is 0 Å². The third-order valence-electron chi connectivity index (χ3n) is 5.72. The highest BCUT2D eigenvalue weighted by Crippen LogP contribution is 2.29. The van der Waals surface area contributed by atoms with Crippen LogP contribution in [-0.2, 0) is 13.0 Å². The van der Waals surface area contributed by atoms with Crippen LogP contribution in [0.1, 0.15) is 16.7 Å². The topological polar surface area (TPSA) is 22.0 Å². The van der Waals surface area contributed by atoms with Crippen LogP contribution in [0.15, 0.2) is 120 Å². The van der Waals surface area contributed by atoms with Crippen LogP contribution in [-0.4, -0.2) is 4.57 Å². The van der Waals surface area contributed by atoms with Gasteiger partial charge < -0.3 is 4.57 Å². The summed E-state index contributed by atoms with van der Waals surface area (Å²) >= 11 is 0. The number of hydrogen-bond acceptors (Lipinski definition) is 1. The van der Waals surface area contributed by atoms with Gasteiger partial charge in [-0.15, -0.1) is 0 Å². The van der Waals surface area contributed by atoms with Gasteiger partial charge in [0.15, 0.2) is 5.43 Å². The molecule has 2 heteroatoms. The predicted molar refractivity (Wildman–Crippen MR) is 128 cm³/mol. The van der Waals surface area contributed by atoms with Crippen LogP contribution in [0, 0.1) is 0 Å². The fourth-order valence-corrected chi connectivity index (χ4v) is 4.27. The van der Waals surface area contributed by atoms with E-state index in [1.807, 2.05) is 60.7 Å². The van der Waals surface area contributed by atoms with Gasteiger partial charge in [-0.05, 0) is 28.8 Å². The molecule has 0 N–H and O–H groups in total. The summed E-state index contributed by atoms with van der Waals surface area (Å²) in [5.74, 6) is 0. The van der Waals surface area contributed by atoms with Crippen molar-refractivity contribution >= 4 is 10.9 Å². The smallest absolute Gasteiger partial charge is 0.193 e. The van der Waals surface area contributed by atoms with E-state index < -0.39 is 0 Å². The molecule has 0 radical (unpaired) electrons. The molecule has 0 aliphatic heterocycles. The van der Waals surface area contributed by atoms with Gasteiger partial charge in [0.1, 0.15) is 0 Å². The molecule has 0 fully saturated rings. The molecule has 0 aliphatic rings. The third kappa shape index (κ3) is 3.80. The predicted octanol–water partition coefficient (Wildman–Crippen LogP) is 6.31. The van der Waals surface area contributed by atoms with Crippen molar-refractivity contribution in [3.63, 3.8) is 0 Å². The number of benzene rings is 4. The first kappa shape index (κ1) is 19.1. The van der Waals surface area contributed by atoms with Crippen molar-refractivity contribution < 1.29 is 0 Å². The van der Waals surface area contributed by atoms with E-state index in [0.29, 0.717) is 13.0 Å². The lowest BCUT2D eigenvalue weighted by atomic mass is 9.96. The monoisotopic (exact) mass is 401 g/mol. The van der Waals surface area contributed by atoms with E-state index in [1.54, 1.807) is 0 Å². The molecule has 0 aliphatic carbocycles. The molecule has 2 nitrogen and oxygen atoms in total. The molecule has 1 heterocycles. The largest absolute Gasteiger partial charge is 0.336 e. The number of aromatic nitrogens is 1. The fraction of sp³-hybridized carbons (Fsp3) is 0.0690. The van der Waals surface area contributed by atoms with Crippen molar-refractivity contribution in [1.82, 2.24) is 4.57 Å². The Labute approximate surface area is 182 Å². The van der Waals surface area contributed by atoms with Gasteiger partial charge in [-0.3, -0.25) is 4.79 Å². The first-order valence-electron chi connectivity index (χ1n) is 10.6. The SMILES string of the molecule is O=c1c(Cc2ccccc2)c(-c2ccccc2)n(Cc2ccccc2)c2ccccc12. The van der Waals surface area contributed by atoms with Crippen molar-refractivity contribution in [2.24, 2.45) is 0 Å². The Balaban J connectivity index is 1.84. The van der Waals surface area contributed by atoms with E-state index >= 15 is 0 Å². The Bertz CT molecular complexity index is 1370. The minimum atomic E-state index is 0.114. The molecule has 0 saturated carbocycles. The normalized spacial score (nSPS) is 11.0. The third-order valence-corrected chi connectivity index (χ3v) is 5.72. The fourth-order valence-electron chi connectivity index (χ4n) is 4.27. The second kappa shape index (κ2) is 8.45. The summed E-state index contributed by atoms with van der Waals surface area (Å²) in [5, 5.41) is 0.768. The second-order valence-corrected chi connectivity index (χ2v) is 7.77. The van der Waals surface area contributed by atoms with Crippen molar-refractivity contribution in [3.05, 3.63) is 142 Å². The minimum Gasteiger partial charge on any atom is -0.336 e. The van der Waals surface area contributed by atoms with Gasteiger partial charge in [-0.2, -0.15) is 0 Å². The molecule has 0 atom stereocenters. The molecule has 1 aromatic heterocycles. The van der Waals surface area contributed by atoms with Gasteiger partial charge in [0, 0.05) is 23.9 Å². The van der Waals surface area contributed by atoms with E-state index in [2.05, 4.69) is 59.2 Å². The average molecular weight is 402 g/mol. The van der Waals surface area contributed by atoms with Gasteiger partial charge in [0.05, 0.1) is 11.2 Å². The zero-order valence-electron chi connectivity index (χ0n) is 17.2. The Morgan fingerprint density at radius 3 is 1.81 bits per heavy atom. The van der Waals surface area contributed by atoms with Crippen LogP contribution in [0.2, 0.25) is 0 Å². The second-order valence-electron chi connectivity index (χ2n) is 7.77. The maximum Gasteiger partial charge on any atom is 0.193 e. The summed E-state index contributed by atoms with van der Waals surface area (Å²) in [5.41, 5.74) is 6.32. The number of fused-ring (bicyclic) bond motifs is 1. The molecule has 0 bridgehead atoms. The van der Waals surface area contributed by atoms with Gasteiger partial charge in [-0.1, -0.05) is 103 Å². The molecule has 0 unspecified atom stereocenters. The molecule has 5 aromatic rings. The van der Waals surface area contributed by atoms with Crippen LogP contribution < -0.4 is 5.43 Å². The summed E-state index contributed by atoms with van der Waals surface area (Å²) in [6, 6.07) is 38.9. The Morgan fingerprint density at radius 1 is 0.581 bits per heavy atom. The zero-order chi connectivity index (χ0) is 21.0. The van der Waals surface area contributed by atoms with Crippen LogP contribution >= 0.6 is 0 Å². The zero-order valence-corrected chi connectivity index (χ0v) is 17.2. The molecule has 5 rings (SSSR count). The first-order valence-corrected chi connectivity index (χ1v) is 10.6. The van der Waals surface area contributed by atoms with Crippen molar-refractivity contribution in [3.8, 4) is 11.3 Å². The molecule has 0 spiro atoms. The van der Waals surface area contributed by atoms with E-state index in [0.717, 1.165) is 33.3 Å². The first-order chi connectivity index (χ1) is 15.3. The van der Waals surface area contributed by atoms with Gasteiger partial charge in [0.2, 0.25) is 0 Å². The van der Waals surface area contributed by atoms with E-state index in [1.165, 1.54) is 5.56 Å². The lowest BCUT2D eigenvalue weighted by molar-refractivity contribution is 0.825. The summed E-state index contributed by atoms with van der Waals surface area (Å²) in [6.07, 6.45) is 0.601. The highest BCUT2D eigenvalue weighted by molar-refractivity contribution is 5.84. The lowest BCUT2D eigenvalue weighted by Gasteiger charge is -2.21. The maximum atomic E-state index is 13.7. The van der Waals surface area contributed by atoms with E-state index in [9.17, 15) is 4.79 Å². The van der Waals surface area contributed by atoms with Crippen molar-refractivity contribution in [1.29, 1.82) is 0 Å². The molecular formula is C29H23NO. The molecule has 4 aromatic carbocycles. The molecule has 31 heavy (non-hydrogen) atoms. The standard InChI is InChI=1S/C29H23NO/c31-29-25-18-10-11-19-27(25)30(21-23-14-6-2-7-15-23)28(24-16-8-3-9-17-24)26(29)20-22-12-4-1-5-13-22/h1-19H,20-21H2. The average Bonchev–Trinajstić information content (AvgIpc) is 2.84. The Hall–Kier alpha value is -3.91.